The molecular formula is C15H18N2O4S. The quantitative estimate of drug-likeness (QED) is 0.805. The molecule has 1 aromatic rings. The number of benzene rings is 1. The van der Waals surface area contributed by atoms with Gasteiger partial charge in [0.15, 0.2) is 6.61 Å². The molecule has 6 nitrogen and oxygen atoms in total. The molecule has 1 aliphatic rings. The van der Waals surface area contributed by atoms with Crippen molar-refractivity contribution in [2.45, 2.75) is 13.0 Å². The van der Waals surface area contributed by atoms with Crippen LogP contribution in [0.3, 0.4) is 0 Å². The number of rotatable bonds is 6. The fourth-order valence-corrected chi connectivity index (χ4v) is 2.85. The molecule has 1 heterocycles. The van der Waals surface area contributed by atoms with Crippen LogP contribution in [0.15, 0.2) is 30.3 Å². The maximum Gasteiger partial charge on any atom is 0.326 e. The van der Waals surface area contributed by atoms with Crippen LogP contribution in [0.25, 0.3) is 0 Å². The number of ether oxygens (including phenoxy) is 1. The van der Waals surface area contributed by atoms with Crippen molar-refractivity contribution in [1.82, 2.24) is 10.2 Å². The molecule has 1 aliphatic heterocycles. The van der Waals surface area contributed by atoms with Crippen LogP contribution in [0, 0.1) is 0 Å². The highest BCUT2D eigenvalue weighted by atomic mass is 32.2. The van der Waals surface area contributed by atoms with Crippen molar-refractivity contribution in [3.63, 3.8) is 0 Å². The van der Waals surface area contributed by atoms with Crippen molar-refractivity contribution >= 4 is 28.9 Å². The zero-order valence-corrected chi connectivity index (χ0v) is 13.1. The van der Waals surface area contributed by atoms with E-state index in [-0.39, 0.29) is 30.3 Å². The first-order chi connectivity index (χ1) is 10.6. The molecule has 1 aromatic carbocycles. The molecule has 0 saturated carbocycles. The minimum Gasteiger partial charge on any atom is -0.454 e. The third-order valence-corrected chi connectivity index (χ3v) is 4.10. The predicted molar refractivity (Wildman–Crippen MR) is 83.4 cm³/mol. The second-order valence-corrected chi connectivity index (χ2v) is 5.94. The van der Waals surface area contributed by atoms with Crippen LogP contribution in [0.4, 0.5) is 4.79 Å². The Labute approximate surface area is 133 Å². The minimum absolute atomic E-state index is 0.104. The molecule has 1 saturated heterocycles. The van der Waals surface area contributed by atoms with E-state index in [9.17, 15) is 14.4 Å². The van der Waals surface area contributed by atoms with Gasteiger partial charge in [-0.1, -0.05) is 42.1 Å². The number of hydrogen-bond acceptors (Lipinski definition) is 5. The zero-order chi connectivity index (χ0) is 15.9. The van der Waals surface area contributed by atoms with Crippen LogP contribution in [0.5, 0.6) is 0 Å². The number of thioether (sulfide) groups is 1. The molecule has 1 fully saturated rings. The van der Waals surface area contributed by atoms with Gasteiger partial charge in [-0.3, -0.25) is 14.4 Å². The second-order valence-electron chi connectivity index (χ2n) is 4.90. The molecule has 2 rings (SSSR count). The van der Waals surface area contributed by atoms with E-state index in [4.69, 9.17) is 4.74 Å². The Morgan fingerprint density at radius 2 is 2.09 bits per heavy atom. The van der Waals surface area contributed by atoms with Gasteiger partial charge in [0.05, 0.1) is 6.04 Å². The Balaban J connectivity index is 1.71. The van der Waals surface area contributed by atoms with Crippen molar-refractivity contribution in [3.8, 4) is 0 Å². The summed E-state index contributed by atoms with van der Waals surface area (Å²) in [6, 6.07) is 9.34. The molecule has 22 heavy (non-hydrogen) atoms. The van der Waals surface area contributed by atoms with Gasteiger partial charge in [-0.2, -0.15) is 0 Å². The molecule has 0 spiro atoms. The summed E-state index contributed by atoms with van der Waals surface area (Å²) in [6.45, 7) is 1.95. The van der Waals surface area contributed by atoms with Gasteiger partial charge < -0.3 is 15.0 Å². The number of carbonyl (C=O) groups is 3. The molecule has 0 aromatic heterocycles. The number of nitrogens with one attached hydrogen (secondary N) is 1. The SMILES string of the molecule is C[C@@H](NC(=O)COC(=O)CN1CCSC1=O)c1ccccc1. The second kappa shape index (κ2) is 7.84. The summed E-state index contributed by atoms with van der Waals surface area (Å²) in [7, 11) is 0. The number of carbonyl (C=O) groups excluding carboxylic acids is 3. The average Bonchev–Trinajstić information content (AvgIpc) is 2.91. The Hall–Kier alpha value is -2.02. The Bertz CT molecular complexity index is 550. The van der Waals surface area contributed by atoms with Crippen molar-refractivity contribution < 1.29 is 19.1 Å². The van der Waals surface area contributed by atoms with Crippen molar-refractivity contribution in [2.75, 3.05) is 25.4 Å². The van der Waals surface area contributed by atoms with E-state index in [0.29, 0.717) is 12.3 Å². The van der Waals surface area contributed by atoms with Crippen LogP contribution in [-0.2, 0) is 14.3 Å². The van der Waals surface area contributed by atoms with E-state index in [2.05, 4.69) is 5.32 Å². The highest BCUT2D eigenvalue weighted by Crippen LogP contribution is 2.16. The monoisotopic (exact) mass is 322 g/mol. The van der Waals surface area contributed by atoms with Crippen LogP contribution < -0.4 is 5.32 Å². The summed E-state index contributed by atoms with van der Waals surface area (Å²) in [5, 5.41) is 2.63. The first-order valence-corrected chi connectivity index (χ1v) is 7.96. The van der Waals surface area contributed by atoms with Gasteiger partial charge in [0.25, 0.3) is 11.1 Å². The van der Waals surface area contributed by atoms with Crippen LogP contribution in [-0.4, -0.2) is 47.5 Å². The fraction of sp³-hybridized carbons (Fsp3) is 0.400. The van der Waals surface area contributed by atoms with Crippen molar-refractivity contribution in [1.29, 1.82) is 0 Å². The molecule has 2 amide bonds. The van der Waals surface area contributed by atoms with E-state index >= 15 is 0 Å². The summed E-state index contributed by atoms with van der Waals surface area (Å²) >= 11 is 1.18. The Kier molecular flexibility index (Phi) is 5.83. The minimum atomic E-state index is -0.571. The number of amides is 2. The number of esters is 1. The number of hydrogen-bond donors (Lipinski definition) is 1. The Morgan fingerprint density at radius 3 is 2.73 bits per heavy atom. The lowest BCUT2D eigenvalue weighted by molar-refractivity contribution is -0.149. The van der Waals surface area contributed by atoms with Crippen LogP contribution in [0.1, 0.15) is 18.5 Å². The van der Waals surface area contributed by atoms with Gasteiger partial charge in [-0.05, 0) is 12.5 Å². The maximum absolute atomic E-state index is 11.8. The molecule has 0 bridgehead atoms. The first-order valence-electron chi connectivity index (χ1n) is 6.98. The highest BCUT2D eigenvalue weighted by Gasteiger charge is 2.24. The highest BCUT2D eigenvalue weighted by molar-refractivity contribution is 8.13. The summed E-state index contributed by atoms with van der Waals surface area (Å²) < 4.78 is 4.90. The van der Waals surface area contributed by atoms with Crippen LogP contribution >= 0.6 is 11.8 Å². The van der Waals surface area contributed by atoms with Gasteiger partial charge in [0.2, 0.25) is 0 Å². The summed E-state index contributed by atoms with van der Waals surface area (Å²) in [5.74, 6) is -0.258. The van der Waals surface area contributed by atoms with Gasteiger partial charge in [0, 0.05) is 12.3 Å². The summed E-state index contributed by atoms with van der Waals surface area (Å²) in [5.41, 5.74) is 0.974. The fourth-order valence-electron chi connectivity index (χ4n) is 2.03. The molecule has 0 unspecified atom stereocenters. The van der Waals surface area contributed by atoms with Gasteiger partial charge in [0.1, 0.15) is 6.54 Å². The lowest BCUT2D eigenvalue weighted by Crippen LogP contribution is -2.35. The Morgan fingerprint density at radius 1 is 1.36 bits per heavy atom. The van der Waals surface area contributed by atoms with E-state index in [1.807, 2.05) is 37.3 Å². The third-order valence-electron chi connectivity index (χ3n) is 3.21. The molecule has 1 N–H and O–H groups in total. The average molecular weight is 322 g/mol. The molecule has 0 aliphatic carbocycles. The lowest BCUT2D eigenvalue weighted by Gasteiger charge is -2.15. The molecular weight excluding hydrogens is 304 g/mol. The van der Waals surface area contributed by atoms with Crippen molar-refractivity contribution in [3.05, 3.63) is 35.9 Å². The first kappa shape index (κ1) is 16.4. The third kappa shape index (κ3) is 4.77. The van der Waals surface area contributed by atoms with Gasteiger partial charge >= 0.3 is 5.97 Å². The number of nitrogens with zero attached hydrogens (tertiary/aromatic N) is 1. The van der Waals surface area contributed by atoms with E-state index in [1.165, 1.54) is 16.7 Å². The largest absolute Gasteiger partial charge is 0.454 e. The molecule has 118 valence electrons. The van der Waals surface area contributed by atoms with E-state index in [0.717, 1.165) is 5.56 Å². The maximum atomic E-state index is 11.8. The van der Waals surface area contributed by atoms with E-state index in [1.54, 1.807) is 0 Å². The molecule has 0 radical (unpaired) electrons. The summed E-state index contributed by atoms with van der Waals surface area (Å²) in [6.07, 6.45) is 0. The van der Waals surface area contributed by atoms with Crippen LogP contribution in [0.2, 0.25) is 0 Å². The van der Waals surface area contributed by atoms with Gasteiger partial charge in [-0.25, -0.2) is 0 Å². The molecule has 7 heteroatoms. The lowest BCUT2D eigenvalue weighted by atomic mass is 10.1. The zero-order valence-electron chi connectivity index (χ0n) is 12.3. The van der Waals surface area contributed by atoms with Crippen molar-refractivity contribution in [2.24, 2.45) is 0 Å². The van der Waals surface area contributed by atoms with Gasteiger partial charge in [-0.15, -0.1) is 0 Å². The summed E-state index contributed by atoms with van der Waals surface area (Å²) in [4.78, 5) is 36.1. The van der Waals surface area contributed by atoms with E-state index < -0.39 is 5.97 Å². The predicted octanol–water partition coefficient (Wildman–Crippen LogP) is 1.58. The normalized spacial score (nSPS) is 15.5. The molecule has 1 atom stereocenters. The smallest absolute Gasteiger partial charge is 0.326 e. The standard InChI is InChI=1S/C15H18N2O4S/c1-11(12-5-3-2-4-6-12)16-13(18)10-21-14(19)9-17-7-8-22-15(17)20/h2-6,11H,7-10H2,1H3,(H,16,18)/t11-/m1/s1. The topological polar surface area (TPSA) is 75.7 Å².